The van der Waals surface area contributed by atoms with E-state index in [-0.39, 0.29) is 12.2 Å². The molecule has 0 aliphatic carbocycles. The van der Waals surface area contributed by atoms with Crippen LogP contribution in [0.1, 0.15) is 32.6 Å². The summed E-state index contributed by atoms with van der Waals surface area (Å²) in [6, 6.07) is 0. The first-order valence-corrected chi connectivity index (χ1v) is 5.30. The summed E-state index contributed by atoms with van der Waals surface area (Å²) in [5.74, 6) is -0.494. The highest BCUT2D eigenvalue weighted by Gasteiger charge is 2.49. The molecular weight excluding hydrogens is 180 g/mol. The lowest BCUT2D eigenvalue weighted by Gasteiger charge is -2.23. The minimum absolute atomic E-state index is 0.127. The third-order valence-electron chi connectivity index (χ3n) is 3.06. The van der Waals surface area contributed by atoms with E-state index in [0.717, 1.165) is 12.8 Å². The molecule has 0 bridgehead atoms. The van der Waals surface area contributed by atoms with E-state index < -0.39 is 11.9 Å². The van der Waals surface area contributed by atoms with Crippen LogP contribution in [-0.2, 0) is 9.47 Å². The molecule has 3 nitrogen and oxygen atoms in total. The van der Waals surface area contributed by atoms with Crippen molar-refractivity contribution in [2.24, 2.45) is 0 Å². The van der Waals surface area contributed by atoms with Gasteiger partial charge in [-0.15, -0.1) is 6.58 Å². The Hall–Kier alpha value is -0.380. The second-order valence-corrected chi connectivity index (χ2v) is 4.33. The molecule has 80 valence electrons. The van der Waals surface area contributed by atoms with Crippen molar-refractivity contribution in [3.63, 3.8) is 0 Å². The van der Waals surface area contributed by atoms with Crippen molar-refractivity contribution in [1.82, 2.24) is 0 Å². The molecular formula is C11H18O3. The van der Waals surface area contributed by atoms with E-state index in [1.807, 2.05) is 6.92 Å². The maximum atomic E-state index is 9.78. The van der Waals surface area contributed by atoms with Gasteiger partial charge in [-0.25, -0.2) is 0 Å². The molecule has 3 heteroatoms. The summed E-state index contributed by atoms with van der Waals surface area (Å²) in [5, 5.41) is 9.78. The molecule has 0 unspecified atom stereocenters. The molecule has 0 radical (unpaired) electrons. The Bertz CT molecular complexity index is 229. The van der Waals surface area contributed by atoms with Gasteiger partial charge in [-0.2, -0.15) is 0 Å². The highest BCUT2D eigenvalue weighted by molar-refractivity contribution is 4.94. The molecule has 4 atom stereocenters. The van der Waals surface area contributed by atoms with Gasteiger partial charge in [0.05, 0.1) is 18.3 Å². The van der Waals surface area contributed by atoms with Gasteiger partial charge < -0.3 is 14.6 Å². The lowest BCUT2D eigenvalue weighted by molar-refractivity contribution is -0.213. The molecule has 2 rings (SSSR count). The Morgan fingerprint density at radius 1 is 1.57 bits per heavy atom. The third-order valence-corrected chi connectivity index (χ3v) is 3.06. The van der Waals surface area contributed by atoms with Crippen LogP contribution < -0.4 is 0 Å². The average molecular weight is 198 g/mol. The summed E-state index contributed by atoms with van der Waals surface area (Å²) in [6.07, 6.45) is 4.73. The first-order chi connectivity index (χ1) is 6.65. The van der Waals surface area contributed by atoms with E-state index in [2.05, 4.69) is 6.58 Å². The van der Waals surface area contributed by atoms with Crippen molar-refractivity contribution < 1.29 is 14.6 Å². The molecule has 0 amide bonds. The maximum Gasteiger partial charge on any atom is 0.171 e. The summed E-state index contributed by atoms with van der Waals surface area (Å²) in [5.41, 5.74) is 0. The fraction of sp³-hybridized carbons (Fsp3) is 0.818. The van der Waals surface area contributed by atoms with Crippen molar-refractivity contribution in [2.45, 2.75) is 56.7 Å². The highest BCUT2D eigenvalue weighted by atomic mass is 16.7. The Morgan fingerprint density at radius 3 is 2.93 bits per heavy atom. The largest absolute Gasteiger partial charge is 0.390 e. The Kier molecular flexibility index (Phi) is 2.64. The zero-order valence-electron chi connectivity index (χ0n) is 8.61. The van der Waals surface area contributed by atoms with Crippen LogP contribution in [0.5, 0.6) is 0 Å². The zero-order valence-corrected chi connectivity index (χ0v) is 8.61. The SMILES string of the molecule is C=CC[C@@H]1O[C@@]2(CC[C@@H](C)O2)C[C@@H]1O. The monoisotopic (exact) mass is 198 g/mol. The number of aliphatic hydroxyl groups excluding tert-OH is 1. The average Bonchev–Trinajstić information content (AvgIpc) is 2.60. The van der Waals surface area contributed by atoms with E-state index in [9.17, 15) is 5.11 Å². The van der Waals surface area contributed by atoms with Crippen molar-refractivity contribution in [3.8, 4) is 0 Å². The normalized spacial score (nSPS) is 47.4. The predicted molar refractivity (Wildman–Crippen MR) is 52.8 cm³/mol. The molecule has 0 aromatic carbocycles. The van der Waals surface area contributed by atoms with Gasteiger partial charge in [0, 0.05) is 12.8 Å². The van der Waals surface area contributed by atoms with Crippen LogP contribution in [0.2, 0.25) is 0 Å². The van der Waals surface area contributed by atoms with Gasteiger partial charge in [0.1, 0.15) is 0 Å². The third kappa shape index (κ3) is 1.72. The molecule has 2 aliphatic rings. The topological polar surface area (TPSA) is 38.7 Å². The number of ether oxygens (including phenoxy) is 2. The van der Waals surface area contributed by atoms with E-state index in [0.29, 0.717) is 12.8 Å². The molecule has 1 spiro atoms. The molecule has 0 aromatic rings. The summed E-state index contributed by atoms with van der Waals surface area (Å²) in [6.45, 7) is 5.70. The Balaban J connectivity index is 2.01. The zero-order chi connectivity index (χ0) is 10.2. The smallest absolute Gasteiger partial charge is 0.171 e. The Morgan fingerprint density at radius 2 is 2.36 bits per heavy atom. The second-order valence-electron chi connectivity index (χ2n) is 4.33. The van der Waals surface area contributed by atoms with Crippen molar-refractivity contribution >= 4 is 0 Å². The second kappa shape index (κ2) is 3.65. The molecule has 0 aromatic heterocycles. The molecule has 0 saturated carbocycles. The fourth-order valence-corrected chi connectivity index (χ4v) is 2.37. The molecule has 2 saturated heterocycles. The van der Waals surface area contributed by atoms with Crippen LogP contribution >= 0.6 is 0 Å². The van der Waals surface area contributed by atoms with Gasteiger partial charge in [-0.1, -0.05) is 6.08 Å². The maximum absolute atomic E-state index is 9.78. The van der Waals surface area contributed by atoms with Crippen LogP contribution in [0.3, 0.4) is 0 Å². The van der Waals surface area contributed by atoms with Crippen LogP contribution in [0.4, 0.5) is 0 Å². The van der Waals surface area contributed by atoms with E-state index in [1.165, 1.54) is 0 Å². The van der Waals surface area contributed by atoms with Crippen molar-refractivity contribution in [2.75, 3.05) is 0 Å². The quantitative estimate of drug-likeness (QED) is 0.685. The van der Waals surface area contributed by atoms with Gasteiger partial charge in [-0.05, 0) is 19.8 Å². The summed E-state index contributed by atoms with van der Waals surface area (Å²) < 4.78 is 11.5. The number of hydrogen-bond donors (Lipinski definition) is 1. The van der Waals surface area contributed by atoms with Crippen molar-refractivity contribution in [3.05, 3.63) is 12.7 Å². The standard InChI is InChI=1S/C11H18O3/c1-3-4-10-9(12)7-11(14-10)6-5-8(2)13-11/h3,8-10,12H,1,4-7H2,2H3/t8-,9+,10+,11+/m1/s1. The predicted octanol–water partition coefficient (Wildman–Crippen LogP) is 1.61. The van der Waals surface area contributed by atoms with E-state index >= 15 is 0 Å². The van der Waals surface area contributed by atoms with Crippen LogP contribution in [0.15, 0.2) is 12.7 Å². The number of rotatable bonds is 2. The van der Waals surface area contributed by atoms with Gasteiger partial charge in [0.2, 0.25) is 0 Å². The summed E-state index contributed by atoms with van der Waals surface area (Å²) in [4.78, 5) is 0. The first kappa shape index (κ1) is 10.1. The molecule has 2 heterocycles. The Labute approximate surface area is 84.7 Å². The van der Waals surface area contributed by atoms with Crippen molar-refractivity contribution in [1.29, 1.82) is 0 Å². The van der Waals surface area contributed by atoms with Gasteiger partial charge >= 0.3 is 0 Å². The molecule has 2 aliphatic heterocycles. The number of hydrogen-bond acceptors (Lipinski definition) is 3. The van der Waals surface area contributed by atoms with Crippen LogP contribution in [-0.4, -0.2) is 29.2 Å². The van der Waals surface area contributed by atoms with Crippen LogP contribution in [0.25, 0.3) is 0 Å². The summed E-state index contributed by atoms with van der Waals surface area (Å²) >= 11 is 0. The highest BCUT2D eigenvalue weighted by Crippen LogP contribution is 2.42. The lowest BCUT2D eigenvalue weighted by atomic mass is 10.0. The molecule has 14 heavy (non-hydrogen) atoms. The molecule has 1 N–H and O–H groups in total. The van der Waals surface area contributed by atoms with Gasteiger partial charge in [0.15, 0.2) is 5.79 Å². The lowest BCUT2D eigenvalue weighted by Crippen LogP contribution is -2.28. The van der Waals surface area contributed by atoms with Gasteiger partial charge in [0.25, 0.3) is 0 Å². The van der Waals surface area contributed by atoms with Gasteiger partial charge in [-0.3, -0.25) is 0 Å². The minimum Gasteiger partial charge on any atom is -0.390 e. The molecule has 2 fully saturated rings. The van der Waals surface area contributed by atoms with Crippen LogP contribution in [0, 0.1) is 0 Å². The fourth-order valence-electron chi connectivity index (χ4n) is 2.37. The first-order valence-electron chi connectivity index (χ1n) is 5.30. The van der Waals surface area contributed by atoms with E-state index in [4.69, 9.17) is 9.47 Å². The summed E-state index contributed by atoms with van der Waals surface area (Å²) in [7, 11) is 0. The number of aliphatic hydroxyl groups is 1. The minimum atomic E-state index is -0.494. The van der Waals surface area contributed by atoms with E-state index in [1.54, 1.807) is 6.08 Å².